The number of hydrogen-bond acceptors (Lipinski definition) is 7. The van der Waals surface area contributed by atoms with Gasteiger partial charge in [-0.15, -0.1) is 5.10 Å². The fourth-order valence-electron chi connectivity index (χ4n) is 3.70. The number of hydrogen-bond donors (Lipinski definition) is 1. The van der Waals surface area contributed by atoms with E-state index in [1.807, 2.05) is 26.0 Å². The second kappa shape index (κ2) is 8.91. The molecule has 3 heterocycles. The number of rotatable bonds is 5. The molecule has 1 saturated heterocycles. The van der Waals surface area contributed by atoms with Crippen LogP contribution in [0, 0.1) is 0 Å². The summed E-state index contributed by atoms with van der Waals surface area (Å²) in [6.07, 6.45) is 0.443. The Hall–Kier alpha value is -2.17. The maximum absolute atomic E-state index is 12.1. The van der Waals surface area contributed by atoms with Crippen molar-refractivity contribution < 1.29 is 14.6 Å². The number of amides is 1. The van der Waals surface area contributed by atoms with Gasteiger partial charge in [0.05, 0.1) is 17.5 Å². The van der Waals surface area contributed by atoms with Crippen LogP contribution in [0.4, 0.5) is 4.79 Å². The molecule has 0 unspecified atom stereocenters. The van der Waals surface area contributed by atoms with Crippen molar-refractivity contribution in [2.75, 3.05) is 32.8 Å². The highest BCUT2D eigenvalue weighted by atomic mass is 79.9. The van der Waals surface area contributed by atoms with E-state index in [1.54, 1.807) is 4.90 Å². The largest absolute Gasteiger partial charge is 0.492 e. The maximum atomic E-state index is 12.1. The summed E-state index contributed by atoms with van der Waals surface area (Å²) in [5, 5.41) is 15.4. The SMILES string of the molecule is CCOC(=O)N1CCN([C@H](c2cccc(Br)c2)c2sc3nc(CC)nn3c2O)CC1. The predicted octanol–water partition coefficient (Wildman–Crippen LogP) is 3.68. The normalized spacial score (nSPS) is 16.2. The van der Waals surface area contributed by atoms with Crippen molar-refractivity contribution >= 4 is 38.3 Å². The van der Waals surface area contributed by atoms with Crippen LogP contribution in [-0.4, -0.2) is 68.4 Å². The summed E-state index contributed by atoms with van der Waals surface area (Å²) in [4.78, 5) is 22.1. The minimum Gasteiger partial charge on any atom is -0.492 e. The Morgan fingerprint density at radius 1 is 1.30 bits per heavy atom. The maximum Gasteiger partial charge on any atom is 0.409 e. The lowest BCUT2D eigenvalue weighted by molar-refractivity contribution is 0.0715. The lowest BCUT2D eigenvalue weighted by Crippen LogP contribution is -2.49. The highest BCUT2D eigenvalue weighted by Gasteiger charge is 2.33. The topological polar surface area (TPSA) is 83.2 Å². The van der Waals surface area contributed by atoms with Gasteiger partial charge in [-0.2, -0.15) is 4.52 Å². The highest BCUT2D eigenvalue weighted by molar-refractivity contribution is 9.10. The molecule has 30 heavy (non-hydrogen) atoms. The average Bonchev–Trinajstić information content (AvgIpc) is 3.28. The fourth-order valence-corrected chi connectivity index (χ4v) is 5.25. The van der Waals surface area contributed by atoms with Crippen LogP contribution in [0.3, 0.4) is 0 Å². The van der Waals surface area contributed by atoms with Crippen molar-refractivity contribution in [2.24, 2.45) is 0 Å². The van der Waals surface area contributed by atoms with E-state index in [0.29, 0.717) is 50.0 Å². The van der Waals surface area contributed by atoms with Gasteiger partial charge in [-0.25, -0.2) is 9.78 Å². The van der Waals surface area contributed by atoms with Crippen molar-refractivity contribution in [3.63, 3.8) is 0 Å². The second-order valence-electron chi connectivity index (χ2n) is 7.05. The van der Waals surface area contributed by atoms with Gasteiger partial charge in [0.25, 0.3) is 0 Å². The molecule has 1 aliphatic rings. The molecule has 1 N–H and O–H groups in total. The number of ether oxygens (including phenoxy) is 1. The van der Waals surface area contributed by atoms with E-state index < -0.39 is 0 Å². The molecule has 1 atom stereocenters. The molecule has 10 heteroatoms. The second-order valence-corrected chi connectivity index (χ2v) is 8.97. The Bertz CT molecular complexity index is 1040. The Balaban J connectivity index is 1.67. The molecule has 0 saturated carbocycles. The third-order valence-electron chi connectivity index (χ3n) is 5.18. The molecule has 1 fully saturated rings. The first-order valence-electron chi connectivity index (χ1n) is 10.00. The summed E-state index contributed by atoms with van der Waals surface area (Å²) in [6.45, 7) is 6.66. The number of carbonyl (C=O) groups is 1. The van der Waals surface area contributed by atoms with Gasteiger partial charge in [-0.1, -0.05) is 46.3 Å². The number of thiazole rings is 1. The third kappa shape index (κ3) is 4.03. The summed E-state index contributed by atoms with van der Waals surface area (Å²) < 4.78 is 7.64. The molecule has 8 nitrogen and oxygen atoms in total. The number of carbonyl (C=O) groups excluding carboxylic acids is 1. The van der Waals surface area contributed by atoms with Crippen LogP contribution in [0.25, 0.3) is 4.96 Å². The number of piperazine rings is 1. The number of benzene rings is 1. The van der Waals surface area contributed by atoms with Crippen LogP contribution in [-0.2, 0) is 11.2 Å². The minimum absolute atomic E-state index is 0.125. The quantitative estimate of drug-likeness (QED) is 0.583. The number of fused-ring (bicyclic) bond motifs is 1. The third-order valence-corrected chi connectivity index (χ3v) is 6.74. The highest BCUT2D eigenvalue weighted by Crippen LogP contribution is 2.40. The number of aromatic hydroxyl groups is 1. The van der Waals surface area contributed by atoms with E-state index in [0.717, 1.165) is 14.9 Å². The van der Waals surface area contributed by atoms with Crippen LogP contribution in [0.2, 0.25) is 0 Å². The molecule has 1 aliphatic heterocycles. The van der Waals surface area contributed by atoms with Gasteiger partial charge in [0, 0.05) is 37.1 Å². The first-order chi connectivity index (χ1) is 14.5. The van der Waals surface area contributed by atoms with E-state index in [-0.39, 0.29) is 18.0 Å². The number of nitrogens with zero attached hydrogens (tertiary/aromatic N) is 5. The molecule has 3 aromatic rings. The zero-order valence-electron chi connectivity index (χ0n) is 16.9. The fraction of sp³-hybridized carbons (Fsp3) is 0.450. The average molecular weight is 494 g/mol. The molecule has 160 valence electrons. The van der Waals surface area contributed by atoms with Crippen molar-refractivity contribution in [3.8, 4) is 5.88 Å². The smallest absolute Gasteiger partial charge is 0.409 e. The zero-order chi connectivity index (χ0) is 21.3. The standard InChI is InChI=1S/C20H24BrN5O3S/c1-3-15-22-19-26(23-15)18(27)17(30-19)16(13-6-5-7-14(21)12-13)24-8-10-25(11-9-24)20(28)29-4-2/h5-7,12,16,27H,3-4,8-11H2,1-2H3/t16-/m1/s1. The van der Waals surface area contributed by atoms with Crippen LogP contribution in [0.5, 0.6) is 5.88 Å². The van der Waals surface area contributed by atoms with Gasteiger partial charge in [0.2, 0.25) is 10.8 Å². The lowest BCUT2D eigenvalue weighted by atomic mass is 10.0. The van der Waals surface area contributed by atoms with Crippen molar-refractivity contribution in [1.82, 2.24) is 24.4 Å². The van der Waals surface area contributed by atoms with E-state index in [1.165, 1.54) is 15.9 Å². The van der Waals surface area contributed by atoms with Gasteiger partial charge in [-0.3, -0.25) is 4.90 Å². The molecule has 2 aromatic heterocycles. The Labute approximate surface area is 187 Å². The predicted molar refractivity (Wildman–Crippen MR) is 118 cm³/mol. The molecule has 1 aromatic carbocycles. The monoisotopic (exact) mass is 493 g/mol. The molecule has 0 radical (unpaired) electrons. The Kier molecular flexibility index (Phi) is 6.26. The first-order valence-corrected chi connectivity index (χ1v) is 11.6. The van der Waals surface area contributed by atoms with E-state index in [4.69, 9.17) is 4.74 Å². The van der Waals surface area contributed by atoms with Gasteiger partial charge in [0.1, 0.15) is 0 Å². The summed E-state index contributed by atoms with van der Waals surface area (Å²) in [5.74, 6) is 0.838. The van der Waals surface area contributed by atoms with E-state index in [2.05, 4.69) is 43.0 Å². The molecule has 4 rings (SSSR count). The van der Waals surface area contributed by atoms with Crippen molar-refractivity contribution in [2.45, 2.75) is 26.3 Å². The summed E-state index contributed by atoms with van der Waals surface area (Å²) in [5.41, 5.74) is 1.06. The molecule has 0 spiro atoms. The number of halogens is 1. The van der Waals surface area contributed by atoms with Gasteiger partial charge < -0.3 is 14.7 Å². The Morgan fingerprint density at radius 3 is 2.70 bits per heavy atom. The molecular weight excluding hydrogens is 470 g/mol. The zero-order valence-corrected chi connectivity index (χ0v) is 19.3. The van der Waals surface area contributed by atoms with Crippen molar-refractivity contribution in [1.29, 1.82) is 0 Å². The molecule has 0 aliphatic carbocycles. The summed E-state index contributed by atoms with van der Waals surface area (Å²) >= 11 is 5.02. The summed E-state index contributed by atoms with van der Waals surface area (Å²) in [7, 11) is 0. The minimum atomic E-state index is -0.273. The van der Waals surface area contributed by atoms with Crippen LogP contribution < -0.4 is 0 Å². The first kappa shape index (κ1) is 21.1. The van der Waals surface area contributed by atoms with Crippen LogP contribution in [0.1, 0.15) is 36.2 Å². The molecular formula is C20H24BrN5O3S. The summed E-state index contributed by atoms with van der Waals surface area (Å²) in [6, 6.07) is 7.93. The van der Waals surface area contributed by atoms with E-state index in [9.17, 15) is 9.90 Å². The number of aryl methyl sites for hydroxylation is 1. The van der Waals surface area contributed by atoms with Crippen LogP contribution in [0.15, 0.2) is 28.7 Å². The van der Waals surface area contributed by atoms with Gasteiger partial charge in [0.15, 0.2) is 5.82 Å². The number of aromatic nitrogens is 3. The van der Waals surface area contributed by atoms with Crippen LogP contribution >= 0.6 is 27.3 Å². The molecule has 0 bridgehead atoms. The molecule has 1 amide bonds. The van der Waals surface area contributed by atoms with Gasteiger partial charge in [-0.05, 0) is 24.6 Å². The van der Waals surface area contributed by atoms with E-state index >= 15 is 0 Å². The lowest BCUT2D eigenvalue weighted by Gasteiger charge is -2.38. The van der Waals surface area contributed by atoms with Gasteiger partial charge >= 0.3 is 6.09 Å². The Morgan fingerprint density at radius 2 is 2.07 bits per heavy atom. The van der Waals surface area contributed by atoms with Crippen molar-refractivity contribution in [3.05, 3.63) is 45.0 Å².